The van der Waals surface area contributed by atoms with Crippen LogP contribution >= 0.6 is 0 Å². The summed E-state index contributed by atoms with van der Waals surface area (Å²) in [7, 11) is 1.89. The van der Waals surface area contributed by atoms with Crippen LogP contribution in [0.2, 0.25) is 0 Å². The molecular formula is C18H19N7. The van der Waals surface area contributed by atoms with Crippen molar-refractivity contribution in [1.82, 2.24) is 29.4 Å². The molecule has 0 saturated heterocycles. The van der Waals surface area contributed by atoms with Gasteiger partial charge in [-0.3, -0.25) is 4.68 Å². The highest BCUT2D eigenvalue weighted by Gasteiger charge is 2.15. The van der Waals surface area contributed by atoms with E-state index >= 15 is 0 Å². The van der Waals surface area contributed by atoms with Gasteiger partial charge in [0, 0.05) is 24.7 Å². The number of aryl methyl sites for hydroxylation is 2. The molecule has 7 heteroatoms. The van der Waals surface area contributed by atoms with E-state index in [2.05, 4.69) is 39.6 Å². The van der Waals surface area contributed by atoms with Crippen molar-refractivity contribution in [2.24, 2.45) is 7.05 Å². The Morgan fingerprint density at radius 3 is 2.64 bits per heavy atom. The zero-order valence-corrected chi connectivity index (χ0v) is 14.4. The van der Waals surface area contributed by atoms with Crippen LogP contribution in [0.4, 0.5) is 5.82 Å². The number of aromatic nitrogens is 6. The Kier molecular flexibility index (Phi) is 3.68. The maximum atomic E-state index is 4.74. The molecule has 0 aliphatic rings. The van der Waals surface area contributed by atoms with Crippen LogP contribution in [0.1, 0.15) is 24.5 Å². The molecule has 0 aliphatic heterocycles. The third-order valence-electron chi connectivity index (χ3n) is 4.12. The van der Waals surface area contributed by atoms with Gasteiger partial charge in [0.1, 0.15) is 18.0 Å². The van der Waals surface area contributed by atoms with Gasteiger partial charge < -0.3 is 5.32 Å². The summed E-state index contributed by atoms with van der Waals surface area (Å²) < 4.78 is 3.59. The van der Waals surface area contributed by atoms with Crippen LogP contribution in [0.15, 0.2) is 48.8 Å². The number of fused-ring (bicyclic) bond motifs is 1. The second kappa shape index (κ2) is 6.01. The summed E-state index contributed by atoms with van der Waals surface area (Å²) >= 11 is 0. The van der Waals surface area contributed by atoms with Crippen molar-refractivity contribution in [2.45, 2.75) is 19.9 Å². The number of rotatable bonds is 4. The molecule has 4 aromatic rings. The van der Waals surface area contributed by atoms with E-state index in [9.17, 15) is 0 Å². The minimum absolute atomic E-state index is 0.0220. The molecule has 126 valence electrons. The normalized spacial score (nSPS) is 12.4. The molecule has 0 amide bonds. The Bertz CT molecular complexity index is 1020. The molecule has 7 nitrogen and oxygen atoms in total. The highest BCUT2D eigenvalue weighted by molar-refractivity contribution is 5.66. The quantitative estimate of drug-likeness (QED) is 0.621. The van der Waals surface area contributed by atoms with Crippen molar-refractivity contribution < 1.29 is 0 Å². The second-order valence-corrected chi connectivity index (χ2v) is 6.06. The monoisotopic (exact) mass is 333 g/mol. The zero-order chi connectivity index (χ0) is 17.4. The third kappa shape index (κ3) is 2.84. The maximum Gasteiger partial charge on any atom is 0.158 e. The van der Waals surface area contributed by atoms with E-state index < -0.39 is 0 Å². The summed E-state index contributed by atoms with van der Waals surface area (Å²) in [6, 6.07) is 14.1. The van der Waals surface area contributed by atoms with E-state index in [0.717, 1.165) is 34.2 Å². The Hall–Kier alpha value is -3.22. The van der Waals surface area contributed by atoms with Gasteiger partial charge in [-0.25, -0.2) is 9.97 Å². The van der Waals surface area contributed by atoms with Crippen molar-refractivity contribution in [2.75, 3.05) is 5.32 Å². The van der Waals surface area contributed by atoms with E-state index in [4.69, 9.17) is 4.98 Å². The standard InChI is InChI=1S/C18H19N7/c1-12-9-16-22-15(14-7-5-4-6-8-14)10-17(25(16)23-12)21-13(2)18-19-11-20-24(18)3/h4-11,13,21H,1-3H3/t13-/m0/s1. The average molecular weight is 333 g/mol. The fourth-order valence-corrected chi connectivity index (χ4v) is 2.93. The predicted molar refractivity (Wildman–Crippen MR) is 96.2 cm³/mol. The van der Waals surface area contributed by atoms with E-state index in [1.54, 1.807) is 11.0 Å². The van der Waals surface area contributed by atoms with Crippen molar-refractivity contribution in [3.8, 4) is 11.3 Å². The predicted octanol–water partition coefficient (Wildman–Crippen LogP) is 3.01. The molecule has 1 N–H and O–H groups in total. The van der Waals surface area contributed by atoms with Gasteiger partial charge in [-0.15, -0.1) is 0 Å². The van der Waals surface area contributed by atoms with Gasteiger partial charge in [-0.1, -0.05) is 30.3 Å². The summed E-state index contributed by atoms with van der Waals surface area (Å²) in [6.45, 7) is 4.02. The van der Waals surface area contributed by atoms with Gasteiger partial charge in [0.2, 0.25) is 0 Å². The summed E-state index contributed by atoms with van der Waals surface area (Å²) in [5.41, 5.74) is 3.71. The van der Waals surface area contributed by atoms with Gasteiger partial charge in [0.15, 0.2) is 5.65 Å². The number of benzene rings is 1. The summed E-state index contributed by atoms with van der Waals surface area (Å²) in [4.78, 5) is 9.06. The Balaban J connectivity index is 1.80. The van der Waals surface area contributed by atoms with E-state index in [1.165, 1.54) is 0 Å². The average Bonchev–Trinajstić information content (AvgIpc) is 3.20. The molecular weight excluding hydrogens is 314 g/mol. The molecule has 4 rings (SSSR count). The van der Waals surface area contributed by atoms with Crippen LogP contribution in [0.5, 0.6) is 0 Å². The molecule has 3 heterocycles. The van der Waals surface area contributed by atoms with Crippen LogP contribution in [-0.4, -0.2) is 29.4 Å². The Morgan fingerprint density at radius 2 is 1.92 bits per heavy atom. The topological polar surface area (TPSA) is 72.9 Å². The van der Waals surface area contributed by atoms with Crippen molar-refractivity contribution in [3.63, 3.8) is 0 Å². The first kappa shape index (κ1) is 15.3. The second-order valence-electron chi connectivity index (χ2n) is 6.06. The lowest BCUT2D eigenvalue weighted by molar-refractivity contribution is 0.658. The lowest BCUT2D eigenvalue weighted by Crippen LogP contribution is -2.15. The summed E-state index contributed by atoms with van der Waals surface area (Å²) in [6.07, 6.45) is 1.56. The highest BCUT2D eigenvalue weighted by Crippen LogP contribution is 2.25. The molecule has 0 spiro atoms. The fourth-order valence-electron chi connectivity index (χ4n) is 2.93. The Labute approximate surface area is 145 Å². The first-order chi connectivity index (χ1) is 12.1. The number of hydrogen-bond acceptors (Lipinski definition) is 5. The molecule has 25 heavy (non-hydrogen) atoms. The van der Waals surface area contributed by atoms with E-state index in [0.29, 0.717) is 0 Å². The van der Waals surface area contributed by atoms with Crippen LogP contribution < -0.4 is 5.32 Å². The van der Waals surface area contributed by atoms with Crippen LogP contribution in [0.3, 0.4) is 0 Å². The SMILES string of the molecule is Cc1cc2nc(-c3ccccc3)cc(N[C@@H](C)c3ncnn3C)n2n1. The lowest BCUT2D eigenvalue weighted by atomic mass is 10.1. The molecule has 0 saturated carbocycles. The smallest absolute Gasteiger partial charge is 0.158 e. The lowest BCUT2D eigenvalue weighted by Gasteiger charge is -2.16. The van der Waals surface area contributed by atoms with Crippen LogP contribution in [0.25, 0.3) is 16.9 Å². The molecule has 0 unspecified atom stereocenters. The van der Waals surface area contributed by atoms with Gasteiger partial charge >= 0.3 is 0 Å². The van der Waals surface area contributed by atoms with Crippen molar-refractivity contribution >= 4 is 11.5 Å². The van der Waals surface area contributed by atoms with E-state index in [1.807, 2.05) is 48.8 Å². The van der Waals surface area contributed by atoms with Gasteiger partial charge in [0.25, 0.3) is 0 Å². The molecule has 1 aromatic carbocycles. The summed E-state index contributed by atoms with van der Waals surface area (Å²) in [5.74, 6) is 1.72. The number of anilines is 1. The van der Waals surface area contributed by atoms with Crippen molar-refractivity contribution in [1.29, 1.82) is 0 Å². The van der Waals surface area contributed by atoms with Crippen LogP contribution in [-0.2, 0) is 7.05 Å². The first-order valence-corrected chi connectivity index (χ1v) is 8.15. The number of nitrogens with one attached hydrogen (secondary N) is 1. The molecule has 0 bridgehead atoms. The Morgan fingerprint density at radius 1 is 1.12 bits per heavy atom. The molecule has 1 atom stereocenters. The fraction of sp³-hybridized carbons (Fsp3) is 0.222. The molecule has 0 fully saturated rings. The zero-order valence-electron chi connectivity index (χ0n) is 14.4. The highest BCUT2D eigenvalue weighted by atomic mass is 15.3. The number of nitrogens with zero attached hydrogens (tertiary/aromatic N) is 6. The molecule has 0 aliphatic carbocycles. The summed E-state index contributed by atoms with van der Waals surface area (Å²) in [5, 5.41) is 12.2. The maximum absolute atomic E-state index is 4.74. The van der Waals surface area contributed by atoms with Crippen molar-refractivity contribution in [3.05, 3.63) is 60.3 Å². The van der Waals surface area contributed by atoms with Gasteiger partial charge in [0.05, 0.1) is 17.4 Å². The van der Waals surface area contributed by atoms with Gasteiger partial charge in [-0.2, -0.15) is 14.7 Å². The molecule has 3 aromatic heterocycles. The minimum atomic E-state index is -0.0220. The van der Waals surface area contributed by atoms with Crippen LogP contribution in [0, 0.1) is 6.92 Å². The van der Waals surface area contributed by atoms with E-state index in [-0.39, 0.29) is 6.04 Å². The largest absolute Gasteiger partial charge is 0.360 e. The third-order valence-corrected chi connectivity index (χ3v) is 4.12. The molecule has 0 radical (unpaired) electrons. The number of hydrogen-bond donors (Lipinski definition) is 1. The first-order valence-electron chi connectivity index (χ1n) is 8.15. The van der Waals surface area contributed by atoms with Gasteiger partial charge in [-0.05, 0) is 13.8 Å². The minimum Gasteiger partial charge on any atom is -0.360 e.